The minimum absolute atomic E-state index is 0.00137. The van der Waals surface area contributed by atoms with Crippen LogP contribution < -0.4 is 0 Å². The SMILES string of the molecule is O=C1CCCC1C1CCCN1C(=O)C1CCC(F)(F)CC1. The van der Waals surface area contributed by atoms with E-state index in [-0.39, 0.29) is 55.3 Å². The van der Waals surface area contributed by atoms with Crippen molar-refractivity contribution in [3.63, 3.8) is 0 Å². The molecule has 0 aromatic heterocycles. The van der Waals surface area contributed by atoms with E-state index in [0.717, 1.165) is 25.7 Å². The minimum atomic E-state index is -2.59. The van der Waals surface area contributed by atoms with Gasteiger partial charge in [0.05, 0.1) is 0 Å². The van der Waals surface area contributed by atoms with E-state index in [1.165, 1.54) is 0 Å². The Morgan fingerprint density at radius 3 is 2.43 bits per heavy atom. The zero-order valence-corrected chi connectivity index (χ0v) is 12.3. The average Bonchev–Trinajstić information content (AvgIpc) is 3.06. The number of carbonyl (C=O) groups excluding carboxylic acids is 2. The summed E-state index contributed by atoms with van der Waals surface area (Å²) in [6, 6.07) is 0.0370. The first-order valence-electron chi connectivity index (χ1n) is 8.19. The fourth-order valence-corrected chi connectivity index (χ4v) is 4.26. The van der Waals surface area contributed by atoms with Gasteiger partial charge < -0.3 is 4.90 Å². The first kappa shape index (κ1) is 14.9. The Kier molecular flexibility index (Phi) is 4.02. The summed E-state index contributed by atoms with van der Waals surface area (Å²) >= 11 is 0. The lowest BCUT2D eigenvalue weighted by molar-refractivity contribution is -0.142. The van der Waals surface area contributed by atoms with Crippen LogP contribution in [0.25, 0.3) is 0 Å². The smallest absolute Gasteiger partial charge is 0.248 e. The summed E-state index contributed by atoms with van der Waals surface area (Å²) in [6.45, 7) is 0.695. The summed E-state index contributed by atoms with van der Waals surface area (Å²) in [7, 11) is 0. The molecule has 0 aromatic rings. The second-order valence-electron chi connectivity index (χ2n) is 6.84. The van der Waals surface area contributed by atoms with E-state index in [4.69, 9.17) is 0 Å². The van der Waals surface area contributed by atoms with Gasteiger partial charge in [-0.15, -0.1) is 0 Å². The molecule has 118 valence electrons. The standard InChI is InChI=1S/C16H23F2NO2/c17-16(18)8-6-11(7-9-16)15(21)19-10-2-4-13(19)12-3-1-5-14(12)20/h11-13H,1-10H2. The van der Waals surface area contributed by atoms with Gasteiger partial charge in [0.15, 0.2) is 0 Å². The fraction of sp³-hybridized carbons (Fsp3) is 0.875. The molecule has 2 unspecified atom stereocenters. The topological polar surface area (TPSA) is 37.4 Å². The molecule has 21 heavy (non-hydrogen) atoms. The van der Waals surface area contributed by atoms with E-state index in [1.54, 1.807) is 0 Å². The zero-order chi connectivity index (χ0) is 15.0. The van der Waals surface area contributed by atoms with Crippen LogP contribution in [0.3, 0.4) is 0 Å². The predicted molar refractivity (Wildman–Crippen MR) is 74.0 cm³/mol. The molecule has 0 spiro atoms. The van der Waals surface area contributed by atoms with Crippen LogP contribution in [0.5, 0.6) is 0 Å². The number of ketones is 1. The van der Waals surface area contributed by atoms with E-state index >= 15 is 0 Å². The highest BCUT2D eigenvalue weighted by Gasteiger charge is 2.44. The van der Waals surface area contributed by atoms with Crippen LogP contribution in [0.4, 0.5) is 8.78 Å². The number of carbonyl (C=O) groups is 2. The Morgan fingerprint density at radius 2 is 1.81 bits per heavy atom. The van der Waals surface area contributed by atoms with Crippen LogP contribution in [0.1, 0.15) is 57.8 Å². The molecular formula is C16H23F2NO2. The van der Waals surface area contributed by atoms with E-state index in [1.807, 2.05) is 4.90 Å². The number of likely N-dealkylation sites (tertiary alicyclic amines) is 1. The van der Waals surface area contributed by atoms with E-state index in [0.29, 0.717) is 13.0 Å². The zero-order valence-electron chi connectivity index (χ0n) is 12.3. The molecule has 3 fully saturated rings. The monoisotopic (exact) mass is 299 g/mol. The van der Waals surface area contributed by atoms with Crippen LogP contribution in [0.15, 0.2) is 0 Å². The first-order valence-corrected chi connectivity index (χ1v) is 8.19. The highest BCUT2D eigenvalue weighted by molar-refractivity contribution is 5.85. The number of alkyl halides is 2. The Hall–Kier alpha value is -1.00. The lowest BCUT2D eigenvalue weighted by atomic mass is 9.85. The van der Waals surface area contributed by atoms with Crippen molar-refractivity contribution in [1.29, 1.82) is 0 Å². The van der Waals surface area contributed by atoms with Crippen molar-refractivity contribution in [3.05, 3.63) is 0 Å². The van der Waals surface area contributed by atoms with Crippen LogP contribution in [0, 0.1) is 11.8 Å². The Morgan fingerprint density at radius 1 is 1.10 bits per heavy atom. The highest BCUT2D eigenvalue weighted by Crippen LogP contribution is 2.39. The van der Waals surface area contributed by atoms with Gasteiger partial charge in [-0.1, -0.05) is 0 Å². The maximum atomic E-state index is 13.2. The van der Waals surface area contributed by atoms with Gasteiger partial charge in [0.25, 0.3) is 0 Å². The minimum Gasteiger partial charge on any atom is -0.339 e. The number of hydrogen-bond acceptors (Lipinski definition) is 2. The Labute approximate surface area is 124 Å². The summed E-state index contributed by atoms with van der Waals surface area (Å²) in [6.07, 6.45) is 4.50. The van der Waals surface area contributed by atoms with Gasteiger partial charge in [-0.05, 0) is 38.5 Å². The largest absolute Gasteiger partial charge is 0.339 e. The maximum Gasteiger partial charge on any atom is 0.248 e. The third-order valence-corrected chi connectivity index (χ3v) is 5.47. The molecule has 1 heterocycles. The van der Waals surface area contributed by atoms with Gasteiger partial charge in [-0.25, -0.2) is 8.78 Å². The summed E-state index contributed by atoms with van der Waals surface area (Å²) in [5.74, 6) is -2.55. The van der Waals surface area contributed by atoms with Crippen LogP contribution >= 0.6 is 0 Å². The van der Waals surface area contributed by atoms with Crippen molar-refractivity contribution in [3.8, 4) is 0 Å². The number of hydrogen-bond donors (Lipinski definition) is 0. The van der Waals surface area contributed by atoms with Gasteiger partial charge >= 0.3 is 0 Å². The van der Waals surface area contributed by atoms with Gasteiger partial charge in [0, 0.05) is 43.7 Å². The molecule has 3 aliphatic rings. The van der Waals surface area contributed by atoms with E-state index < -0.39 is 5.92 Å². The lowest BCUT2D eigenvalue weighted by Gasteiger charge is -2.34. The molecule has 3 nitrogen and oxygen atoms in total. The molecule has 2 atom stereocenters. The molecule has 0 bridgehead atoms. The average molecular weight is 299 g/mol. The number of amides is 1. The molecule has 0 aromatic carbocycles. The molecule has 3 rings (SSSR count). The Balaban J connectivity index is 1.65. The van der Waals surface area contributed by atoms with Crippen LogP contribution in [0.2, 0.25) is 0 Å². The second-order valence-corrected chi connectivity index (χ2v) is 6.84. The number of rotatable bonds is 2. The van der Waals surface area contributed by atoms with Crippen molar-refractivity contribution in [1.82, 2.24) is 4.90 Å². The van der Waals surface area contributed by atoms with Crippen LogP contribution in [-0.4, -0.2) is 35.1 Å². The van der Waals surface area contributed by atoms with Crippen molar-refractivity contribution >= 4 is 11.7 Å². The van der Waals surface area contributed by atoms with Crippen molar-refractivity contribution in [2.75, 3.05) is 6.54 Å². The molecule has 0 N–H and O–H groups in total. The van der Waals surface area contributed by atoms with Gasteiger partial charge in [-0.2, -0.15) is 0 Å². The quantitative estimate of drug-likeness (QED) is 0.785. The highest BCUT2D eigenvalue weighted by atomic mass is 19.3. The summed E-state index contributed by atoms with van der Waals surface area (Å²) in [5.41, 5.74) is 0. The van der Waals surface area contributed by atoms with Crippen molar-refractivity contribution < 1.29 is 18.4 Å². The Bertz CT molecular complexity index is 428. The normalized spacial score (nSPS) is 33.6. The predicted octanol–water partition coefficient (Wildman–Crippen LogP) is 3.17. The van der Waals surface area contributed by atoms with Gasteiger partial charge in [0.2, 0.25) is 11.8 Å². The lowest BCUT2D eigenvalue weighted by Crippen LogP contribution is -2.45. The summed E-state index contributed by atoms with van der Waals surface area (Å²) in [5, 5.41) is 0. The summed E-state index contributed by atoms with van der Waals surface area (Å²) in [4.78, 5) is 26.5. The van der Waals surface area contributed by atoms with Gasteiger partial charge in [0.1, 0.15) is 5.78 Å². The van der Waals surface area contributed by atoms with Crippen molar-refractivity contribution in [2.24, 2.45) is 11.8 Å². The summed E-state index contributed by atoms with van der Waals surface area (Å²) < 4.78 is 26.4. The molecule has 2 aliphatic carbocycles. The number of halogens is 2. The molecule has 2 saturated carbocycles. The molecule has 1 amide bonds. The number of Topliss-reactive ketones (excluding diaryl/α,β-unsaturated/α-hetero) is 1. The first-order chi connectivity index (χ1) is 9.98. The molecule has 0 radical (unpaired) electrons. The van der Waals surface area contributed by atoms with Crippen molar-refractivity contribution in [2.45, 2.75) is 69.8 Å². The maximum absolute atomic E-state index is 13.2. The second kappa shape index (κ2) is 5.65. The molecule has 1 saturated heterocycles. The molecular weight excluding hydrogens is 276 g/mol. The third-order valence-electron chi connectivity index (χ3n) is 5.47. The number of nitrogens with zero attached hydrogens (tertiary/aromatic N) is 1. The van der Waals surface area contributed by atoms with Gasteiger partial charge in [-0.3, -0.25) is 9.59 Å². The van der Waals surface area contributed by atoms with E-state index in [2.05, 4.69) is 0 Å². The van der Waals surface area contributed by atoms with Crippen LogP contribution in [-0.2, 0) is 9.59 Å². The fourth-order valence-electron chi connectivity index (χ4n) is 4.26. The third kappa shape index (κ3) is 2.97. The molecule has 5 heteroatoms. The molecule has 1 aliphatic heterocycles. The van der Waals surface area contributed by atoms with E-state index in [9.17, 15) is 18.4 Å².